The molecule has 1 amide bonds. The molecule has 2 aromatic rings. The molecule has 38 heavy (non-hydrogen) atoms. The molecule has 6 heteroatoms. The Morgan fingerprint density at radius 3 is 2.16 bits per heavy atom. The fraction of sp³-hybridized carbons (Fsp3) is 0.562. The van der Waals surface area contributed by atoms with Gasteiger partial charge in [-0.25, -0.2) is 4.79 Å². The van der Waals surface area contributed by atoms with Gasteiger partial charge in [0.15, 0.2) is 0 Å². The first-order chi connectivity index (χ1) is 18.1. The van der Waals surface area contributed by atoms with Gasteiger partial charge in [-0.2, -0.15) is 0 Å². The topological polar surface area (TPSA) is 76.7 Å². The zero-order valence-electron chi connectivity index (χ0n) is 23.8. The van der Waals surface area contributed by atoms with Crippen LogP contribution in [0, 0.1) is 5.92 Å². The maximum Gasteiger partial charge on any atom is 0.329 e. The van der Waals surface area contributed by atoms with Gasteiger partial charge >= 0.3 is 5.97 Å². The van der Waals surface area contributed by atoms with Crippen LogP contribution < -0.4 is 15.4 Å². The maximum absolute atomic E-state index is 13.5. The highest BCUT2D eigenvalue weighted by atomic mass is 16.6. The van der Waals surface area contributed by atoms with Crippen LogP contribution in [0.1, 0.15) is 84.3 Å². The Labute approximate surface area is 228 Å². The Morgan fingerprint density at radius 2 is 1.55 bits per heavy atom. The fourth-order valence-electron chi connectivity index (χ4n) is 4.81. The molecule has 0 unspecified atom stereocenters. The first-order valence-electron chi connectivity index (χ1n) is 14.1. The average molecular weight is 523 g/mol. The molecule has 0 spiro atoms. The number of benzene rings is 2. The highest BCUT2D eigenvalue weighted by Crippen LogP contribution is 2.20. The number of nitrogens with one attached hydrogen (secondary N) is 2. The molecule has 208 valence electrons. The van der Waals surface area contributed by atoms with Crippen LogP contribution in [0.4, 0.5) is 0 Å². The predicted octanol–water partition coefficient (Wildman–Crippen LogP) is 5.97. The van der Waals surface area contributed by atoms with Gasteiger partial charge in [-0.05, 0) is 69.2 Å². The van der Waals surface area contributed by atoms with Gasteiger partial charge in [0.2, 0.25) is 5.91 Å². The zero-order valence-corrected chi connectivity index (χ0v) is 23.8. The van der Waals surface area contributed by atoms with Crippen LogP contribution in [0.15, 0.2) is 54.6 Å². The Balaban J connectivity index is 1.68. The smallest absolute Gasteiger partial charge is 0.329 e. The number of carbonyl (C=O) groups is 2. The third kappa shape index (κ3) is 10.5. The lowest BCUT2D eigenvalue weighted by atomic mass is 9.93. The van der Waals surface area contributed by atoms with E-state index in [1.807, 2.05) is 75.4 Å². The van der Waals surface area contributed by atoms with E-state index in [1.54, 1.807) is 0 Å². The van der Waals surface area contributed by atoms with Crippen molar-refractivity contribution >= 4 is 11.9 Å². The standard InChI is InChI=1S/C32H46N2O4/c1-23(2)20-28(33-26-14-10-7-11-15-26)30(35)34-29(31(36)38-32(3,4)5)21-24-16-18-27(19-17-24)37-22-25-12-8-6-9-13-25/h6,8-9,12-13,16-19,23,26,28-29,33H,7,10-11,14-15,20-22H2,1-5H3,(H,34,35)/t28-,29-/m0/s1. The largest absolute Gasteiger partial charge is 0.489 e. The lowest BCUT2D eigenvalue weighted by Gasteiger charge is -2.30. The molecule has 3 rings (SSSR count). The molecule has 1 aliphatic carbocycles. The summed E-state index contributed by atoms with van der Waals surface area (Å²) in [6, 6.07) is 16.9. The quantitative estimate of drug-likeness (QED) is 0.336. The molecule has 1 aliphatic rings. The molecule has 1 saturated carbocycles. The van der Waals surface area contributed by atoms with Crippen molar-refractivity contribution in [3.63, 3.8) is 0 Å². The van der Waals surface area contributed by atoms with Crippen molar-refractivity contribution in [3.05, 3.63) is 65.7 Å². The summed E-state index contributed by atoms with van der Waals surface area (Å²) < 4.78 is 11.6. The van der Waals surface area contributed by atoms with Crippen LogP contribution in [0.25, 0.3) is 0 Å². The van der Waals surface area contributed by atoms with Crippen molar-refractivity contribution < 1.29 is 19.1 Å². The molecule has 2 atom stereocenters. The van der Waals surface area contributed by atoms with Crippen LogP contribution in [-0.2, 0) is 27.4 Å². The Morgan fingerprint density at radius 1 is 0.895 bits per heavy atom. The summed E-state index contributed by atoms with van der Waals surface area (Å²) in [6.07, 6.45) is 6.90. The van der Waals surface area contributed by atoms with Gasteiger partial charge in [-0.3, -0.25) is 4.79 Å². The fourth-order valence-corrected chi connectivity index (χ4v) is 4.81. The van der Waals surface area contributed by atoms with Crippen molar-refractivity contribution in [2.24, 2.45) is 5.92 Å². The molecular formula is C32H46N2O4. The van der Waals surface area contributed by atoms with E-state index in [1.165, 1.54) is 19.3 Å². The second-order valence-electron chi connectivity index (χ2n) is 11.9. The monoisotopic (exact) mass is 522 g/mol. The van der Waals surface area contributed by atoms with Gasteiger partial charge in [0.25, 0.3) is 0 Å². The van der Waals surface area contributed by atoms with Gasteiger partial charge < -0.3 is 20.1 Å². The summed E-state index contributed by atoms with van der Waals surface area (Å²) in [6.45, 7) is 10.3. The second kappa shape index (κ2) is 14.3. The van der Waals surface area contributed by atoms with Crippen molar-refractivity contribution in [3.8, 4) is 5.75 Å². The summed E-state index contributed by atoms with van der Waals surface area (Å²) in [5.41, 5.74) is 1.38. The van der Waals surface area contributed by atoms with E-state index in [0.717, 1.165) is 36.1 Å². The first-order valence-corrected chi connectivity index (χ1v) is 14.1. The van der Waals surface area contributed by atoms with E-state index in [9.17, 15) is 9.59 Å². The number of ether oxygens (including phenoxy) is 2. The van der Waals surface area contributed by atoms with Crippen molar-refractivity contribution in [2.75, 3.05) is 0 Å². The van der Waals surface area contributed by atoms with Crippen LogP contribution in [0.2, 0.25) is 0 Å². The number of amides is 1. The van der Waals surface area contributed by atoms with Gasteiger partial charge in [0, 0.05) is 12.5 Å². The molecule has 2 aromatic carbocycles. The van der Waals surface area contributed by atoms with Crippen molar-refractivity contribution in [1.82, 2.24) is 10.6 Å². The lowest BCUT2D eigenvalue weighted by molar-refractivity contribution is -0.158. The summed E-state index contributed by atoms with van der Waals surface area (Å²) >= 11 is 0. The molecule has 0 heterocycles. The van der Waals surface area contributed by atoms with Gasteiger partial charge in [0.05, 0.1) is 6.04 Å². The molecule has 0 aromatic heterocycles. The Hall–Kier alpha value is -2.86. The lowest BCUT2D eigenvalue weighted by Crippen LogP contribution is -2.54. The molecule has 0 radical (unpaired) electrons. The minimum atomic E-state index is -0.777. The van der Waals surface area contributed by atoms with E-state index in [4.69, 9.17) is 9.47 Å². The molecule has 0 saturated heterocycles. The molecule has 0 aliphatic heterocycles. The van der Waals surface area contributed by atoms with Gasteiger partial charge in [-0.1, -0.05) is 75.6 Å². The Bertz CT molecular complexity index is 992. The number of hydrogen-bond donors (Lipinski definition) is 2. The summed E-state index contributed by atoms with van der Waals surface area (Å²) in [5.74, 6) is 0.550. The maximum atomic E-state index is 13.5. The second-order valence-corrected chi connectivity index (χ2v) is 11.9. The van der Waals surface area contributed by atoms with Crippen LogP contribution in [0.3, 0.4) is 0 Å². The molecule has 0 bridgehead atoms. The molecule has 1 fully saturated rings. The van der Waals surface area contributed by atoms with E-state index >= 15 is 0 Å². The number of rotatable bonds is 12. The van der Waals surface area contributed by atoms with E-state index in [2.05, 4.69) is 24.5 Å². The number of esters is 1. The third-order valence-electron chi connectivity index (χ3n) is 6.68. The Kier molecular flexibility index (Phi) is 11.2. The molecule has 2 N–H and O–H groups in total. The van der Waals surface area contributed by atoms with E-state index < -0.39 is 17.6 Å². The normalized spacial score (nSPS) is 16.1. The number of hydrogen-bond acceptors (Lipinski definition) is 5. The minimum absolute atomic E-state index is 0.136. The predicted molar refractivity (Wildman–Crippen MR) is 152 cm³/mol. The number of carbonyl (C=O) groups excluding carboxylic acids is 2. The molecular weight excluding hydrogens is 476 g/mol. The highest BCUT2D eigenvalue weighted by Gasteiger charge is 2.31. The van der Waals surface area contributed by atoms with Crippen LogP contribution in [-0.4, -0.2) is 35.6 Å². The van der Waals surface area contributed by atoms with Crippen LogP contribution in [0.5, 0.6) is 5.75 Å². The highest BCUT2D eigenvalue weighted by molar-refractivity contribution is 5.88. The zero-order chi connectivity index (χ0) is 27.5. The van der Waals surface area contributed by atoms with Crippen LogP contribution >= 0.6 is 0 Å². The molecule has 6 nitrogen and oxygen atoms in total. The van der Waals surface area contributed by atoms with E-state index in [-0.39, 0.29) is 11.9 Å². The first kappa shape index (κ1) is 29.7. The van der Waals surface area contributed by atoms with Crippen molar-refractivity contribution in [2.45, 2.75) is 110 Å². The van der Waals surface area contributed by atoms with Gasteiger partial charge in [0.1, 0.15) is 24.0 Å². The summed E-state index contributed by atoms with van der Waals surface area (Å²) in [5, 5.41) is 6.63. The average Bonchev–Trinajstić information content (AvgIpc) is 2.87. The SMILES string of the molecule is CC(C)C[C@H](NC1CCCCC1)C(=O)N[C@@H](Cc1ccc(OCc2ccccc2)cc1)C(=O)OC(C)(C)C. The summed E-state index contributed by atoms with van der Waals surface area (Å²) in [7, 11) is 0. The van der Waals surface area contributed by atoms with E-state index in [0.29, 0.717) is 25.0 Å². The summed E-state index contributed by atoms with van der Waals surface area (Å²) in [4.78, 5) is 26.7. The van der Waals surface area contributed by atoms with Crippen molar-refractivity contribution in [1.29, 1.82) is 0 Å². The minimum Gasteiger partial charge on any atom is -0.489 e. The van der Waals surface area contributed by atoms with Gasteiger partial charge in [-0.15, -0.1) is 0 Å². The third-order valence-corrected chi connectivity index (χ3v) is 6.68.